The second kappa shape index (κ2) is 5.09. The van der Waals surface area contributed by atoms with Crippen LogP contribution in [0.15, 0.2) is 0 Å². The predicted octanol–water partition coefficient (Wildman–Crippen LogP) is 3.44. The fourth-order valence-corrected chi connectivity index (χ4v) is 3.89. The van der Waals surface area contributed by atoms with Crippen LogP contribution in [0, 0.1) is 5.92 Å². The van der Waals surface area contributed by atoms with Crippen molar-refractivity contribution >= 4 is 11.8 Å². The van der Waals surface area contributed by atoms with Gasteiger partial charge in [0.05, 0.1) is 0 Å². The molecule has 1 heterocycles. The number of hydrogen-bond acceptors (Lipinski definition) is 2. The fourth-order valence-electron chi connectivity index (χ4n) is 2.64. The summed E-state index contributed by atoms with van der Waals surface area (Å²) in [7, 11) is 0. The summed E-state index contributed by atoms with van der Waals surface area (Å²) >= 11 is 2.17. The minimum Gasteiger partial charge on any atom is -0.312 e. The largest absolute Gasteiger partial charge is 0.312 e. The van der Waals surface area contributed by atoms with Crippen LogP contribution in [0.25, 0.3) is 0 Å². The van der Waals surface area contributed by atoms with E-state index in [1.807, 2.05) is 0 Å². The molecule has 2 heteroatoms. The lowest BCUT2D eigenvalue weighted by atomic mass is 10.0. The van der Waals surface area contributed by atoms with Crippen molar-refractivity contribution < 1.29 is 0 Å². The van der Waals surface area contributed by atoms with Gasteiger partial charge in [-0.25, -0.2) is 0 Å². The lowest BCUT2D eigenvalue weighted by Gasteiger charge is -2.27. The Hall–Kier alpha value is 0.310. The van der Waals surface area contributed by atoms with E-state index in [4.69, 9.17) is 0 Å². The standard InChI is InChI=1S/C13H25NS/c1-3-5-12(11-6-7-11)14-10-13(2)8-4-9-15-13/h11-12,14H,3-10H2,1-2H3. The van der Waals surface area contributed by atoms with E-state index in [-0.39, 0.29) is 0 Å². The summed E-state index contributed by atoms with van der Waals surface area (Å²) in [5, 5.41) is 3.84. The average Bonchev–Trinajstić information content (AvgIpc) is 2.97. The summed E-state index contributed by atoms with van der Waals surface area (Å²) in [6.45, 7) is 5.98. The molecule has 0 bridgehead atoms. The van der Waals surface area contributed by atoms with Gasteiger partial charge in [0.15, 0.2) is 0 Å². The van der Waals surface area contributed by atoms with E-state index in [9.17, 15) is 0 Å². The molecule has 2 fully saturated rings. The van der Waals surface area contributed by atoms with Crippen molar-refractivity contribution in [3.05, 3.63) is 0 Å². The maximum atomic E-state index is 3.84. The molecular formula is C13H25NS. The molecule has 0 amide bonds. The molecule has 2 atom stereocenters. The third-order valence-electron chi connectivity index (χ3n) is 3.83. The third-order valence-corrected chi connectivity index (χ3v) is 5.37. The van der Waals surface area contributed by atoms with E-state index in [1.165, 1.54) is 50.8 Å². The van der Waals surface area contributed by atoms with Gasteiger partial charge >= 0.3 is 0 Å². The quantitative estimate of drug-likeness (QED) is 0.746. The molecule has 0 aromatic heterocycles. The summed E-state index contributed by atoms with van der Waals surface area (Å²) in [5.41, 5.74) is 0. The van der Waals surface area contributed by atoms with E-state index >= 15 is 0 Å². The third kappa shape index (κ3) is 3.39. The monoisotopic (exact) mass is 227 g/mol. The van der Waals surface area contributed by atoms with E-state index in [1.54, 1.807) is 0 Å². The van der Waals surface area contributed by atoms with Crippen molar-refractivity contribution in [2.24, 2.45) is 5.92 Å². The van der Waals surface area contributed by atoms with Gasteiger partial charge in [0.25, 0.3) is 0 Å². The van der Waals surface area contributed by atoms with Crippen molar-refractivity contribution in [2.45, 2.75) is 63.2 Å². The maximum absolute atomic E-state index is 3.84. The highest BCUT2D eigenvalue weighted by Gasteiger charge is 2.34. The predicted molar refractivity (Wildman–Crippen MR) is 69.5 cm³/mol. The lowest BCUT2D eigenvalue weighted by Crippen LogP contribution is -2.40. The second-order valence-electron chi connectivity index (χ2n) is 5.52. The molecule has 2 rings (SSSR count). The molecule has 1 saturated carbocycles. The number of rotatable bonds is 6. The molecule has 15 heavy (non-hydrogen) atoms. The Morgan fingerprint density at radius 3 is 2.80 bits per heavy atom. The van der Waals surface area contributed by atoms with Gasteiger partial charge in [-0.1, -0.05) is 13.3 Å². The Bertz CT molecular complexity index is 195. The van der Waals surface area contributed by atoms with Crippen LogP contribution in [0.1, 0.15) is 52.4 Å². The van der Waals surface area contributed by atoms with Gasteiger partial charge in [0, 0.05) is 17.3 Å². The summed E-state index contributed by atoms with van der Waals surface area (Å²) in [4.78, 5) is 0. The Balaban J connectivity index is 1.74. The molecule has 2 aliphatic rings. The normalized spacial score (nSPS) is 33.2. The first kappa shape index (κ1) is 11.8. The molecule has 1 saturated heterocycles. The highest BCUT2D eigenvalue weighted by molar-refractivity contribution is 8.00. The molecule has 0 spiro atoms. The zero-order valence-electron chi connectivity index (χ0n) is 10.2. The van der Waals surface area contributed by atoms with Crippen LogP contribution in [-0.4, -0.2) is 23.1 Å². The van der Waals surface area contributed by atoms with E-state index < -0.39 is 0 Å². The lowest BCUT2D eigenvalue weighted by molar-refractivity contribution is 0.403. The van der Waals surface area contributed by atoms with Crippen molar-refractivity contribution in [1.29, 1.82) is 0 Å². The van der Waals surface area contributed by atoms with Gasteiger partial charge < -0.3 is 5.32 Å². The molecule has 1 nitrogen and oxygen atoms in total. The van der Waals surface area contributed by atoms with Crippen LogP contribution in [0.2, 0.25) is 0 Å². The highest BCUT2D eigenvalue weighted by atomic mass is 32.2. The van der Waals surface area contributed by atoms with Crippen LogP contribution in [0.5, 0.6) is 0 Å². The Labute approximate surface area is 98.8 Å². The van der Waals surface area contributed by atoms with Crippen LogP contribution >= 0.6 is 11.8 Å². The van der Waals surface area contributed by atoms with Crippen molar-refractivity contribution in [3.8, 4) is 0 Å². The Morgan fingerprint density at radius 2 is 2.27 bits per heavy atom. The maximum Gasteiger partial charge on any atom is 0.0256 e. The van der Waals surface area contributed by atoms with Gasteiger partial charge in [-0.3, -0.25) is 0 Å². The second-order valence-corrected chi connectivity index (χ2v) is 7.20. The fraction of sp³-hybridized carbons (Fsp3) is 1.00. The first-order valence-corrected chi connectivity index (χ1v) is 7.59. The number of thioether (sulfide) groups is 1. The zero-order valence-corrected chi connectivity index (χ0v) is 11.0. The van der Waals surface area contributed by atoms with Crippen LogP contribution in [0.3, 0.4) is 0 Å². The smallest absolute Gasteiger partial charge is 0.0256 e. The minimum atomic E-state index is 0.543. The summed E-state index contributed by atoms with van der Waals surface area (Å²) in [6, 6.07) is 0.827. The van der Waals surface area contributed by atoms with Gasteiger partial charge in [0.1, 0.15) is 0 Å². The molecule has 1 aliphatic heterocycles. The first-order chi connectivity index (χ1) is 7.23. The number of hydrogen-bond donors (Lipinski definition) is 1. The van der Waals surface area contributed by atoms with Crippen molar-refractivity contribution in [3.63, 3.8) is 0 Å². The minimum absolute atomic E-state index is 0.543. The van der Waals surface area contributed by atoms with E-state index in [0.717, 1.165) is 12.0 Å². The van der Waals surface area contributed by atoms with Crippen molar-refractivity contribution in [1.82, 2.24) is 5.32 Å². The molecule has 88 valence electrons. The van der Waals surface area contributed by atoms with Crippen LogP contribution in [0.4, 0.5) is 0 Å². The molecule has 0 aromatic carbocycles. The zero-order chi connectivity index (χ0) is 10.7. The number of nitrogens with one attached hydrogen (secondary N) is 1. The van der Waals surface area contributed by atoms with E-state index in [2.05, 4.69) is 30.9 Å². The molecule has 0 aromatic rings. The van der Waals surface area contributed by atoms with Gasteiger partial charge in [-0.05, 0) is 50.7 Å². The van der Waals surface area contributed by atoms with E-state index in [0.29, 0.717) is 4.75 Å². The molecule has 0 radical (unpaired) electrons. The Morgan fingerprint density at radius 1 is 1.47 bits per heavy atom. The van der Waals surface area contributed by atoms with Crippen LogP contribution in [-0.2, 0) is 0 Å². The van der Waals surface area contributed by atoms with Gasteiger partial charge in [-0.2, -0.15) is 11.8 Å². The molecule has 1 aliphatic carbocycles. The van der Waals surface area contributed by atoms with Crippen molar-refractivity contribution in [2.75, 3.05) is 12.3 Å². The SMILES string of the molecule is CCCC(NCC1(C)CCCS1)C1CC1. The average molecular weight is 227 g/mol. The van der Waals surface area contributed by atoms with Gasteiger partial charge in [0.2, 0.25) is 0 Å². The summed E-state index contributed by atoms with van der Waals surface area (Å²) in [6.07, 6.45) is 8.49. The first-order valence-electron chi connectivity index (χ1n) is 6.61. The highest BCUT2D eigenvalue weighted by Crippen LogP contribution is 2.39. The summed E-state index contributed by atoms with van der Waals surface area (Å²) in [5.74, 6) is 2.39. The summed E-state index contributed by atoms with van der Waals surface area (Å²) < 4.78 is 0.543. The molecule has 2 unspecified atom stereocenters. The Kier molecular flexibility index (Phi) is 4.00. The van der Waals surface area contributed by atoms with Gasteiger partial charge in [-0.15, -0.1) is 0 Å². The van der Waals surface area contributed by atoms with Crippen LogP contribution < -0.4 is 5.32 Å². The molecule has 1 N–H and O–H groups in total. The molecular weight excluding hydrogens is 202 g/mol. The topological polar surface area (TPSA) is 12.0 Å².